The molecule has 0 spiro atoms. The number of aliphatic hydroxyl groups is 1. The molecule has 0 amide bonds. The van der Waals surface area contributed by atoms with E-state index in [9.17, 15) is 5.11 Å². The molecular weight excluding hydrogens is 338 g/mol. The Morgan fingerprint density at radius 1 is 1.04 bits per heavy atom. The number of ether oxygens (including phenoxy) is 4. The summed E-state index contributed by atoms with van der Waals surface area (Å²) in [7, 11) is 0. The van der Waals surface area contributed by atoms with Gasteiger partial charge in [0.1, 0.15) is 6.10 Å². The molecule has 3 fully saturated rings. The highest BCUT2D eigenvalue weighted by atomic mass is 16.7. The van der Waals surface area contributed by atoms with Crippen LogP contribution in [0.5, 0.6) is 0 Å². The minimum Gasteiger partial charge on any atom is -0.394 e. The van der Waals surface area contributed by atoms with Gasteiger partial charge in [-0.05, 0) is 45.4 Å². The smallest absolute Gasteiger partial charge is 0.158 e. The molecule has 26 heavy (non-hydrogen) atoms. The molecule has 0 aromatic heterocycles. The highest BCUT2D eigenvalue weighted by Gasteiger charge is 2.41. The fourth-order valence-electron chi connectivity index (χ4n) is 4.19. The SMILES string of the molecule is CC(N)C1CCC[C@@H](O[C@@H]2C(N)CC(N)CC2OC2CCC(CO)O2)O1. The highest BCUT2D eigenvalue weighted by molar-refractivity contribution is 4.93. The Labute approximate surface area is 155 Å². The van der Waals surface area contributed by atoms with Crippen molar-refractivity contribution in [1.29, 1.82) is 0 Å². The number of hydrogen-bond acceptors (Lipinski definition) is 8. The minimum absolute atomic E-state index is 0.0120. The molecule has 8 nitrogen and oxygen atoms in total. The molecule has 1 aliphatic carbocycles. The van der Waals surface area contributed by atoms with Crippen molar-refractivity contribution < 1.29 is 24.1 Å². The molecule has 0 radical (unpaired) electrons. The van der Waals surface area contributed by atoms with Gasteiger partial charge in [-0.15, -0.1) is 0 Å². The summed E-state index contributed by atoms with van der Waals surface area (Å²) >= 11 is 0. The van der Waals surface area contributed by atoms with Crippen molar-refractivity contribution in [2.45, 2.75) is 107 Å². The van der Waals surface area contributed by atoms with Crippen LogP contribution < -0.4 is 17.2 Å². The first-order chi connectivity index (χ1) is 12.5. The van der Waals surface area contributed by atoms with E-state index in [2.05, 4.69) is 0 Å². The van der Waals surface area contributed by atoms with Gasteiger partial charge in [0.2, 0.25) is 0 Å². The van der Waals surface area contributed by atoms with E-state index < -0.39 is 0 Å². The van der Waals surface area contributed by atoms with Gasteiger partial charge >= 0.3 is 0 Å². The maximum atomic E-state index is 9.24. The number of hydrogen-bond donors (Lipinski definition) is 4. The first kappa shape index (κ1) is 20.4. The third kappa shape index (κ3) is 5.14. The summed E-state index contributed by atoms with van der Waals surface area (Å²) in [5.74, 6) is 0. The lowest BCUT2D eigenvalue weighted by Gasteiger charge is -2.42. The van der Waals surface area contributed by atoms with E-state index in [0.717, 1.165) is 32.1 Å². The quantitative estimate of drug-likeness (QED) is 0.509. The molecule has 8 heteroatoms. The van der Waals surface area contributed by atoms with E-state index in [-0.39, 0.29) is 61.7 Å². The molecule has 2 saturated heterocycles. The lowest BCUT2D eigenvalue weighted by Crippen LogP contribution is -2.57. The molecule has 3 rings (SSSR count). The standard InChI is InChI=1S/C18H35N3O5/c1-10(19)14-3-2-4-16(24-14)26-18-13(21)7-11(20)8-15(18)25-17-6-5-12(9-22)23-17/h10-18,22H,2-9,19-21H2,1H3/t10?,11?,12?,13?,14?,15?,16-,17?,18-/m1/s1. The van der Waals surface area contributed by atoms with E-state index in [1.807, 2.05) is 6.92 Å². The summed E-state index contributed by atoms with van der Waals surface area (Å²) < 4.78 is 24.2. The van der Waals surface area contributed by atoms with Crippen LogP contribution in [-0.4, -0.2) is 66.8 Å². The molecule has 2 heterocycles. The van der Waals surface area contributed by atoms with Crippen LogP contribution in [0.1, 0.15) is 51.9 Å². The highest BCUT2D eigenvalue weighted by Crippen LogP contribution is 2.31. The van der Waals surface area contributed by atoms with Crippen molar-refractivity contribution in [3.63, 3.8) is 0 Å². The summed E-state index contributed by atoms with van der Waals surface area (Å²) in [4.78, 5) is 0. The van der Waals surface area contributed by atoms with Gasteiger partial charge in [-0.1, -0.05) is 0 Å². The van der Waals surface area contributed by atoms with Crippen LogP contribution in [0.4, 0.5) is 0 Å². The maximum absolute atomic E-state index is 9.24. The molecule has 9 atom stereocenters. The van der Waals surface area contributed by atoms with E-state index in [1.54, 1.807) is 0 Å². The lowest BCUT2D eigenvalue weighted by atomic mass is 9.87. The summed E-state index contributed by atoms with van der Waals surface area (Å²) in [6, 6.07) is -0.253. The zero-order valence-electron chi connectivity index (χ0n) is 15.7. The minimum atomic E-state index is -0.343. The third-order valence-corrected chi connectivity index (χ3v) is 5.65. The van der Waals surface area contributed by atoms with Gasteiger partial charge in [0.05, 0.1) is 24.9 Å². The van der Waals surface area contributed by atoms with Gasteiger partial charge in [-0.2, -0.15) is 0 Å². The van der Waals surface area contributed by atoms with Crippen molar-refractivity contribution >= 4 is 0 Å². The van der Waals surface area contributed by atoms with Crippen molar-refractivity contribution in [3.05, 3.63) is 0 Å². The Balaban J connectivity index is 1.60. The zero-order chi connectivity index (χ0) is 18.7. The first-order valence-electron chi connectivity index (χ1n) is 9.95. The monoisotopic (exact) mass is 373 g/mol. The predicted octanol–water partition coefficient (Wildman–Crippen LogP) is -0.0550. The molecule has 7 unspecified atom stereocenters. The molecule has 0 bridgehead atoms. The van der Waals surface area contributed by atoms with E-state index in [1.165, 1.54) is 0 Å². The van der Waals surface area contributed by atoms with Crippen molar-refractivity contribution in [1.82, 2.24) is 0 Å². The Kier molecular flexibility index (Phi) is 7.26. The molecular formula is C18H35N3O5. The molecule has 1 saturated carbocycles. The maximum Gasteiger partial charge on any atom is 0.158 e. The number of aliphatic hydroxyl groups excluding tert-OH is 1. The first-order valence-corrected chi connectivity index (χ1v) is 9.95. The van der Waals surface area contributed by atoms with Crippen LogP contribution in [-0.2, 0) is 18.9 Å². The lowest BCUT2D eigenvalue weighted by molar-refractivity contribution is -0.264. The van der Waals surface area contributed by atoms with Crippen molar-refractivity contribution in [2.24, 2.45) is 17.2 Å². The average molecular weight is 373 g/mol. The summed E-state index contributed by atoms with van der Waals surface area (Å²) in [6.07, 6.45) is 4.39. The zero-order valence-corrected chi connectivity index (χ0v) is 15.7. The molecule has 2 aliphatic heterocycles. The third-order valence-electron chi connectivity index (χ3n) is 5.65. The Hall–Kier alpha value is -0.320. The molecule has 0 aromatic carbocycles. The van der Waals surface area contributed by atoms with Crippen LogP contribution in [0.2, 0.25) is 0 Å². The largest absolute Gasteiger partial charge is 0.394 e. The van der Waals surface area contributed by atoms with E-state index >= 15 is 0 Å². The van der Waals surface area contributed by atoms with Crippen LogP contribution >= 0.6 is 0 Å². The predicted molar refractivity (Wildman–Crippen MR) is 96.1 cm³/mol. The van der Waals surface area contributed by atoms with Gasteiger partial charge in [-0.25, -0.2) is 0 Å². The van der Waals surface area contributed by atoms with Crippen LogP contribution in [0.15, 0.2) is 0 Å². The summed E-state index contributed by atoms with van der Waals surface area (Å²) in [6.45, 7) is 1.97. The van der Waals surface area contributed by atoms with Crippen molar-refractivity contribution in [3.8, 4) is 0 Å². The fraction of sp³-hybridized carbons (Fsp3) is 1.00. The van der Waals surface area contributed by atoms with Crippen LogP contribution in [0.25, 0.3) is 0 Å². The Morgan fingerprint density at radius 3 is 2.50 bits per heavy atom. The average Bonchev–Trinajstić information content (AvgIpc) is 3.06. The fourth-order valence-corrected chi connectivity index (χ4v) is 4.19. The van der Waals surface area contributed by atoms with Crippen LogP contribution in [0.3, 0.4) is 0 Å². The molecule has 152 valence electrons. The van der Waals surface area contributed by atoms with Gasteiger partial charge in [0, 0.05) is 24.5 Å². The molecule has 3 aliphatic rings. The van der Waals surface area contributed by atoms with E-state index in [0.29, 0.717) is 12.8 Å². The Morgan fingerprint density at radius 2 is 1.81 bits per heavy atom. The Bertz CT molecular complexity index is 441. The second kappa shape index (κ2) is 9.25. The topological polar surface area (TPSA) is 135 Å². The van der Waals surface area contributed by atoms with E-state index in [4.69, 9.17) is 36.1 Å². The van der Waals surface area contributed by atoms with Gasteiger partial charge < -0.3 is 41.3 Å². The molecule has 7 N–H and O–H groups in total. The number of nitrogens with two attached hydrogens (primary N) is 3. The van der Waals surface area contributed by atoms with Crippen LogP contribution in [0, 0.1) is 0 Å². The second-order valence-electron chi connectivity index (χ2n) is 8.01. The normalized spacial score (nSPS) is 45.6. The van der Waals surface area contributed by atoms with Gasteiger partial charge in [0.15, 0.2) is 12.6 Å². The van der Waals surface area contributed by atoms with Gasteiger partial charge in [-0.3, -0.25) is 0 Å². The molecule has 0 aromatic rings. The second-order valence-corrected chi connectivity index (χ2v) is 8.01. The van der Waals surface area contributed by atoms with Gasteiger partial charge in [0.25, 0.3) is 0 Å². The number of rotatable bonds is 6. The summed E-state index contributed by atoms with van der Waals surface area (Å²) in [5, 5.41) is 9.24. The summed E-state index contributed by atoms with van der Waals surface area (Å²) in [5.41, 5.74) is 18.5. The van der Waals surface area contributed by atoms with Crippen molar-refractivity contribution in [2.75, 3.05) is 6.61 Å².